The lowest BCUT2D eigenvalue weighted by molar-refractivity contribution is -0.131. The number of piperazine rings is 1. The van der Waals surface area contributed by atoms with Gasteiger partial charge in [-0.15, -0.1) is 0 Å². The molecule has 1 aromatic heterocycles. The van der Waals surface area contributed by atoms with Crippen LogP contribution in [0, 0.1) is 0 Å². The van der Waals surface area contributed by atoms with Gasteiger partial charge in [0.15, 0.2) is 5.82 Å². The van der Waals surface area contributed by atoms with Crippen molar-refractivity contribution >= 4 is 22.6 Å². The molecule has 0 radical (unpaired) electrons. The van der Waals surface area contributed by atoms with Crippen LogP contribution in [0.2, 0.25) is 0 Å². The topological polar surface area (TPSA) is 70.6 Å². The van der Waals surface area contributed by atoms with Gasteiger partial charge < -0.3 is 19.9 Å². The number of amides is 1. The fraction of sp³-hybridized carbons (Fsp3) is 0.769. The number of ether oxygens (including phenoxy) is 1. The van der Waals surface area contributed by atoms with Crippen molar-refractivity contribution in [2.24, 2.45) is 0 Å². The van der Waals surface area contributed by atoms with E-state index in [0.29, 0.717) is 11.0 Å². The van der Waals surface area contributed by atoms with E-state index < -0.39 is 0 Å². The molecule has 2 rings (SSSR count). The molecular formula is C13H23N5O2S. The Morgan fingerprint density at radius 2 is 2.14 bits per heavy atom. The zero-order chi connectivity index (χ0) is 15.2. The van der Waals surface area contributed by atoms with Crippen LogP contribution in [-0.4, -0.2) is 71.4 Å². The average molecular weight is 313 g/mol. The second kappa shape index (κ2) is 7.67. The molecule has 1 N–H and O–H groups in total. The Kier molecular flexibility index (Phi) is 5.89. The maximum Gasteiger partial charge on any atom is 0.242 e. The van der Waals surface area contributed by atoms with E-state index in [1.165, 1.54) is 11.5 Å². The molecule has 118 valence electrons. The fourth-order valence-electron chi connectivity index (χ4n) is 2.15. The number of likely N-dealkylation sites (N-methyl/N-ethyl adjacent to an activating group) is 1. The second-order valence-corrected chi connectivity index (χ2v) is 5.76. The van der Waals surface area contributed by atoms with Crippen molar-refractivity contribution < 1.29 is 9.53 Å². The standard InChI is InChI=1S/C13H23N5O2S/c1-4-17-5-7-18(8-6-17)11(19)9-14-13-15-12(16-21-13)10(2)20-3/h10H,4-9H2,1-3H3,(H,14,15,16)/t10-/m1/s1. The van der Waals surface area contributed by atoms with Gasteiger partial charge in [-0.1, -0.05) is 6.92 Å². The largest absolute Gasteiger partial charge is 0.374 e. The SMILES string of the molecule is CCN1CCN(C(=O)CNc2nc([C@@H](C)OC)ns2)CC1. The van der Waals surface area contributed by atoms with Gasteiger partial charge in [-0.25, -0.2) is 4.98 Å². The Hall–Kier alpha value is -1.25. The summed E-state index contributed by atoms with van der Waals surface area (Å²) in [5.74, 6) is 0.760. The molecule has 1 fully saturated rings. The van der Waals surface area contributed by atoms with E-state index in [-0.39, 0.29) is 18.6 Å². The molecule has 21 heavy (non-hydrogen) atoms. The Morgan fingerprint density at radius 3 is 2.76 bits per heavy atom. The van der Waals surface area contributed by atoms with Crippen molar-refractivity contribution in [1.82, 2.24) is 19.2 Å². The van der Waals surface area contributed by atoms with Crippen LogP contribution in [0.5, 0.6) is 0 Å². The summed E-state index contributed by atoms with van der Waals surface area (Å²) in [6.45, 7) is 8.87. The number of carbonyl (C=O) groups is 1. The smallest absolute Gasteiger partial charge is 0.242 e. The van der Waals surface area contributed by atoms with E-state index in [9.17, 15) is 4.79 Å². The third-order valence-corrected chi connectivity index (χ3v) is 4.41. The Labute approximate surface area is 129 Å². The zero-order valence-electron chi connectivity index (χ0n) is 12.8. The first-order chi connectivity index (χ1) is 10.1. The van der Waals surface area contributed by atoms with Crippen molar-refractivity contribution in [1.29, 1.82) is 0 Å². The summed E-state index contributed by atoms with van der Waals surface area (Å²) in [6, 6.07) is 0. The molecule has 1 amide bonds. The van der Waals surface area contributed by atoms with Crippen LogP contribution in [-0.2, 0) is 9.53 Å². The summed E-state index contributed by atoms with van der Waals surface area (Å²) in [5, 5.41) is 3.71. The predicted octanol–water partition coefficient (Wildman–Crippen LogP) is 0.821. The third-order valence-electron chi connectivity index (χ3n) is 3.72. The summed E-state index contributed by atoms with van der Waals surface area (Å²) in [5.41, 5.74) is 0. The monoisotopic (exact) mass is 313 g/mol. The van der Waals surface area contributed by atoms with Gasteiger partial charge in [0, 0.05) is 44.8 Å². The highest BCUT2D eigenvalue weighted by Gasteiger charge is 2.20. The highest BCUT2D eigenvalue weighted by Crippen LogP contribution is 2.18. The van der Waals surface area contributed by atoms with Crippen LogP contribution in [0.1, 0.15) is 25.8 Å². The molecule has 0 bridgehead atoms. The first-order valence-corrected chi connectivity index (χ1v) is 8.01. The van der Waals surface area contributed by atoms with Gasteiger partial charge in [0.05, 0.1) is 6.54 Å². The summed E-state index contributed by atoms with van der Waals surface area (Å²) in [4.78, 5) is 20.7. The molecule has 1 aliphatic rings. The minimum absolute atomic E-state index is 0.113. The van der Waals surface area contributed by atoms with E-state index in [1.54, 1.807) is 7.11 Å². The second-order valence-electron chi connectivity index (χ2n) is 5.00. The first kappa shape index (κ1) is 16.1. The lowest BCUT2D eigenvalue weighted by atomic mass is 10.3. The number of rotatable bonds is 6. The molecule has 1 saturated heterocycles. The predicted molar refractivity (Wildman–Crippen MR) is 82.5 cm³/mol. The zero-order valence-corrected chi connectivity index (χ0v) is 13.7. The van der Waals surface area contributed by atoms with E-state index in [2.05, 4.69) is 26.5 Å². The molecule has 2 heterocycles. The molecule has 0 aromatic carbocycles. The van der Waals surface area contributed by atoms with Gasteiger partial charge in [-0.05, 0) is 13.5 Å². The summed E-state index contributed by atoms with van der Waals surface area (Å²) in [6.07, 6.45) is -0.130. The highest BCUT2D eigenvalue weighted by atomic mass is 32.1. The third kappa shape index (κ3) is 4.36. The molecule has 1 aliphatic heterocycles. The minimum Gasteiger partial charge on any atom is -0.374 e. The number of methoxy groups -OCH3 is 1. The number of aromatic nitrogens is 2. The Bertz CT molecular complexity index is 459. The van der Waals surface area contributed by atoms with Gasteiger partial charge in [0.25, 0.3) is 0 Å². The van der Waals surface area contributed by atoms with E-state index in [4.69, 9.17) is 4.74 Å². The number of carbonyl (C=O) groups excluding carboxylic acids is 1. The minimum atomic E-state index is -0.130. The van der Waals surface area contributed by atoms with E-state index in [0.717, 1.165) is 32.7 Å². The summed E-state index contributed by atoms with van der Waals surface area (Å²) < 4.78 is 9.37. The molecule has 0 spiro atoms. The first-order valence-electron chi connectivity index (χ1n) is 7.24. The molecule has 8 heteroatoms. The Morgan fingerprint density at radius 1 is 1.43 bits per heavy atom. The average Bonchev–Trinajstić information content (AvgIpc) is 3.01. The van der Waals surface area contributed by atoms with Crippen LogP contribution in [0.3, 0.4) is 0 Å². The summed E-state index contributed by atoms with van der Waals surface area (Å²) in [7, 11) is 1.62. The van der Waals surface area contributed by atoms with Crippen molar-refractivity contribution in [3.8, 4) is 0 Å². The van der Waals surface area contributed by atoms with Crippen LogP contribution < -0.4 is 5.32 Å². The van der Waals surface area contributed by atoms with Gasteiger partial charge in [0.2, 0.25) is 11.0 Å². The van der Waals surface area contributed by atoms with Crippen molar-refractivity contribution in [3.05, 3.63) is 5.82 Å². The Balaban J connectivity index is 1.77. The molecule has 0 unspecified atom stereocenters. The number of hydrogen-bond donors (Lipinski definition) is 1. The number of nitrogens with one attached hydrogen (secondary N) is 1. The molecular weight excluding hydrogens is 290 g/mol. The molecule has 1 aromatic rings. The lowest BCUT2D eigenvalue weighted by Crippen LogP contribution is -2.49. The molecule has 0 aliphatic carbocycles. The normalized spacial score (nSPS) is 17.8. The summed E-state index contributed by atoms with van der Waals surface area (Å²) >= 11 is 1.25. The van der Waals surface area contributed by atoms with Gasteiger partial charge in [-0.3, -0.25) is 4.79 Å². The van der Waals surface area contributed by atoms with E-state index >= 15 is 0 Å². The van der Waals surface area contributed by atoms with Crippen molar-refractivity contribution in [2.45, 2.75) is 20.0 Å². The number of hydrogen-bond acceptors (Lipinski definition) is 7. The van der Waals surface area contributed by atoms with Gasteiger partial charge >= 0.3 is 0 Å². The molecule has 7 nitrogen and oxygen atoms in total. The fourth-order valence-corrected chi connectivity index (χ4v) is 2.79. The number of nitrogens with zero attached hydrogens (tertiary/aromatic N) is 4. The molecule has 1 atom stereocenters. The van der Waals surface area contributed by atoms with Crippen molar-refractivity contribution in [3.63, 3.8) is 0 Å². The van der Waals surface area contributed by atoms with Crippen molar-refractivity contribution in [2.75, 3.05) is 51.7 Å². The quantitative estimate of drug-likeness (QED) is 0.838. The molecule has 0 saturated carbocycles. The maximum atomic E-state index is 12.1. The lowest BCUT2D eigenvalue weighted by Gasteiger charge is -2.34. The van der Waals surface area contributed by atoms with Crippen LogP contribution in [0.25, 0.3) is 0 Å². The highest BCUT2D eigenvalue weighted by molar-refractivity contribution is 7.09. The van der Waals surface area contributed by atoms with E-state index in [1.807, 2.05) is 11.8 Å². The van der Waals surface area contributed by atoms with Crippen LogP contribution >= 0.6 is 11.5 Å². The van der Waals surface area contributed by atoms with Gasteiger partial charge in [0.1, 0.15) is 6.10 Å². The number of anilines is 1. The van der Waals surface area contributed by atoms with Crippen LogP contribution in [0.4, 0.5) is 5.13 Å². The van der Waals surface area contributed by atoms with Crippen LogP contribution in [0.15, 0.2) is 0 Å². The maximum absolute atomic E-state index is 12.1. The van der Waals surface area contributed by atoms with Gasteiger partial charge in [-0.2, -0.15) is 4.37 Å².